The molecule has 1 atom stereocenters. The fourth-order valence-corrected chi connectivity index (χ4v) is 2.30. The number of nitrogens with zero attached hydrogens (tertiary/aromatic N) is 1. The molecule has 1 heterocycles. The van der Waals surface area contributed by atoms with Gasteiger partial charge in [0.05, 0.1) is 12.8 Å². The summed E-state index contributed by atoms with van der Waals surface area (Å²) in [4.78, 5) is 2.27. The standard InChI is InChI=1S/C17H23FN2O/c1-3-20(12-15-5-4-10-21-15)9-8-17(19)14-7-6-13(2)16(18)11-14/h4-7,10-11,17H,3,8-9,12,19H2,1-2H3. The summed E-state index contributed by atoms with van der Waals surface area (Å²) in [5.41, 5.74) is 7.68. The van der Waals surface area contributed by atoms with Crippen LogP contribution in [0.15, 0.2) is 41.0 Å². The van der Waals surface area contributed by atoms with Crippen LogP contribution in [0.2, 0.25) is 0 Å². The minimum absolute atomic E-state index is 0.147. The Hall–Kier alpha value is -1.65. The zero-order chi connectivity index (χ0) is 15.2. The molecular weight excluding hydrogens is 267 g/mol. The molecule has 0 aliphatic heterocycles. The smallest absolute Gasteiger partial charge is 0.126 e. The molecule has 3 nitrogen and oxygen atoms in total. The molecule has 2 aromatic rings. The van der Waals surface area contributed by atoms with Crippen molar-refractivity contribution in [2.75, 3.05) is 13.1 Å². The molecule has 21 heavy (non-hydrogen) atoms. The molecule has 114 valence electrons. The van der Waals surface area contributed by atoms with E-state index < -0.39 is 0 Å². The van der Waals surface area contributed by atoms with Crippen LogP contribution in [0.3, 0.4) is 0 Å². The first-order valence-corrected chi connectivity index (χ1v) is 7.36. The fourth-order valence-electron chi connectivity index (χ4n) is 2.30. The van der Waals surface area contributed by atoms with Crippen LogP contribution >= 0.6 is 0 Å². The Morgan fingerprint density at radius 3 is 2.76 bits per heavy atom. The van der Waals surface area contributed by atoms with Crippen LogP contribution in [-0.2, 0) is 6.54 Å². The Morgan fingerprint density at radius 2 is 2.14 bits per heavy atom. The van der Waals surface area contributed by atoms with Gasteiger partial charge in [0.15, 0.2) is 0 Å². The molecule has 0 saturated carbocycles. The van der Waals surface area contributed by atoms with Gasteiger partial charge in [-0.05, 0) is 49.2 Å². The van der Waals surface area contributed by atoms with Gasteiger partial charge < -0.3 is 10.2 Å². The zero-order valence-corrected chi connectivity index (χ0v) is 12.7. The quantitative estimate of drug-likeness (QED) is 0.846. The van der Waals surface area contributed by atoms with Crippen molar-refractivity contribution in [3.63, 3.8) is 0 Å². The number of furan rings is 1. The van der Waals surface area contributed by atoms with Crippen LogP contribution in [0.4, 0.5) is 4.39 Å². The predicted molar refractivity (Wildman–Crippen MR) is 82.3 cm³/mol. The molecule has 0 bridgehead atoms. The lowest BCUT2D eigenvalue weighted by Crippen LogP contribution is -2.27. The average molecular weight is 290 g/mol. The molecule has 1 unspecified atom stereocenters. The third-order valence-electron chi connectivity index (χ3n) is 3.79. The Balaban J connectivity index is 1.89. The number of hydrogen-bond donors (Lipinski definition) is 1. The average Bonchev–Trinajstić information content (AvgIpc) is 2.99. The van der Waals surface area contributed by atoms with Gasteiger partial charge in [-0.2, -0.15) is 0 Å². The Morgan fingerprint density at radius 1 is 1.33 bits per heavy atom. The predicted octanol–water partition coefficient (Wildman–Crippen LogP) is 3.64. The molecule has 1 aromatic carbocycles. The monoisotopic (exact) mass is 290 g/mol. The summed E-state index contributed by atoms with van der Waals surface area (Å²) in [6, 6.07) is 8.95. The first-order valence-electron chi connectivity index (χ1n) is 7.36. The summed E-state index contributed by atoms with van der Waals surface area (Å²) < 4.78 is 18.9. The van der Waals surface area contributed by atoms with Crippen molar-refractivity contribution in [1.29, 1.82) is 0 Å². The van der Waals surface area contributed by atoms with Crippen molar-refractivity contribution in [3.8, 4) is 0 Å². The maximum atomic E-state index is 13.6. The van der Waals surface area contributed by atoms with Crippen molar-refractivity contribution in [3.05, 3.63) is 59.3 Å². The lowest BCUT2D eigenvalue weighted by Gasteiger charge is -2.21. The molecule has 0 amide bonds. The van der Waals surface area contributed by atoms with E-state index in [4.69, 9.17) is 10.2 Å². The van der Waals surface area contributed by atoms with Gasteiger partial charge in [0.25, 0.3) is 0 Å². The van der Waals surface area contributed by atoms with Gasteiger partial charge in [-0.3, -0.25) is 4.90 Å². The number of nitrogens with two attached hydrogens (primary N) is 1. The molecule has 2 N–H and O–H groups in total. The first kappa shape index (κ1) is 15.7. The Kier molecular flexibility index (Phi) is 5.53. The summed E-state index contributed by atoms with van der Waals surface area (Å²) in [5.74, 6) is 0.762. The lowest BCUT2D eigenvalue weighted by molar-refractivity contribution is 0.246. The minimum atomic E-state index is -0.189. The van der Waals surface area contributed by atoms with E-state index >= 15 is 0 Å². The number of hydrogen-bond acceptors (Lipinski definition) is 3. The van der Waals surface area contributed by atoms with Crippen LogP contribution in [0, 0.1) is 12.7 Å². The summed E-state index contributed by atoms with van der Waals surface area (Å²) in [5, 5.41) is 0. The first-order chi connectivity index (χ1) is 10.1. The van der Waals surface area contributed by atoms with Crippen molar-refractivity contribution >= 4 is 0 Å². The molecule has 0 aliphatic rings. The van der Waals surface area contributed by atoms with E-state index in [9.17, 15) is 4.39 Å². The molecule has 0 saturated heterocycles. The van der Waals surface area contributed by atoms with E-state index in [0.717, 1.165) is 37.4 Å². The molecule has 0 aliphatic carbocycles. The van der Waals surface area contributed by atoms with Gasteiger partial charge >= 0.3 is 0 Å². The highest BCUT2D eigenvalue weighted by atomic mass is 19.1. The summed E-state index contributed by atoms with van der Waals surface area (Å²) >= 11 is 0. The highest BCUT2D eigenvalue weighted by molar-refractivity contribution is 5.25. The number of aryl methyl sites for hydroxylation is 1. The van der Waals surface area contributed by atoms with Crippen molar-refractivity contribution in [1.82, 2.24) is 4.90 Å². The Labute approximate surface area is 125 Å². The largest absolute Gasteiger partial charge is 0.468 e. The van der Waals surface area contributed by atoms with Crippen molar-refractivity contribution in [2.24, 2.45) is 5.73 Å². The molecule has 4 heteroatoms. The highest BCUT2D eigenvalue weighted by Gasteiger charge is 2.11. The molecule has 0 fully saturated rings. The SMILES string of the molecule is CCN(CCC(N)c1ccc(C)c(F)c1)Cc1ccco1. The van der Waals surface area contributed by atoms with Crippen LogP contribution in [0.5, 0.6) is 0 Å². The second kappa shape index (κ2) is 7.38. The van der Waals surface area contributed by atoms with Crippen LogP contribution in [-0.4, -0.2) is 18.0 Å². The summed E-state index contributed by atoms with van der Waals surface area (Å²) in [7, 11) is 0. The van der Waals surface area contributed by atoms with E-state index in [2.05, 4.69) is 11.8 Å². The maximum absolute atomic E-state index is 13.6. The molecular formula is C17H23FN2O. The number of rotatable bonds is 7. The number of benzene rings is 1. The van der Waals surface area contributed by atoms with Gasteiger partial charge in [-0.1, -0.05) is 19.1 Å². The summed E-state index contributed by atoms with van der Waals surface area (Å²) in [6.45, 7) is 6.43. The third kappa shape index (κ3) is 4.41. The van der Waals surface area contributed by atoms with Crippen LogP contribution < -0.4 is 5.73 Å². The zero-order valence-electron chi connectivity index (χ0n) is 12.7. The topological polar surface area (TPSA) is 42.4 Å². The van der Waals surface area contributed by atoms with Crippen molar-refractivity contribution < 1.29 is 8.81 Å². The van der Waals surface area contributed by atoms with Gasteiger partial charge in [-0.15, -0.1) is 0 Å². The fraction of sp³-hybridized carbons (Fsp3) is 0.412. The number of halogens is 1. The van der Waals surface area contributed by atoms with E-state index in [1.165, 1.54) is 0 Å². The van der Waals surface area contributed by atoms with E-state index in [0.29, 0.717) is 5.56 Å². The van der Waals surface area contributed by atoms with Gasteiger partial charge in [0, 0.05) is 12.6 Å². The van der Waals surface area contributed by atoms with E-state index in [1.807, 2.05) is 18.2 Å². The van der Waals surface area contributed by atoms with E-state index in [-0.39, 0.29) is 11.9 Å². The third-order valence-corrected chi connectivity index (χ3v) is 3.79. The highest BCUT2D eigenvalue weighted by Crippen LogP contribution is 2.18. The second-order valence-electron chi connectivity index (χ2n) is 5.35. The van der Waals surface area contributed by atoms with Crippen molar-refractivity contribution in [2.45, 2.75) is 32.9 Å². The van der Waals surface area contributed by atoms with Gasteiger partial charge in [-0.25, -0.2) is 4.39 Å². The molecule has 0 radical (unpaired) electrons. The molecule has 2 rings (SSSR count). The van der Waals surface area contributed by atoms with Gasteiger partial charge in [0.1, 0.15) is 11.6 Å². The van der Waals surface area contributed by atoms with Gasteiger partial charge in [0.2, 0.25) is 0 Å². The normalized spacial score (nSPS) is 12.8. The second-order valence-corrected chi connectivity index (χ2v) is 5.35. The summed E-state index contributed by atoms with van der Waals surface area (Å²) in [6.07, 6.45) is 2.47. The molecule has 0 spiro atoms. The Bertz CT molecular complexity index is 554. The lowest BCUT2D eigenvalue weighted by atomic mass is 10.0. The van der Waals surface area contributed by atoms with Crippen LogP contribution in [0.25, 0.3) is 0 Å². The minimum Gasteiger partial charge on any atom is -0.468 e. The molecule has 1 aromatic heterocycles. The maximum Gasteiger partial charge on any atom is 0.126 e. The van der Waals surface area contributed by atoms with Crippen LogP contribution in [0.1, 0.15) is 36.3 Å². The van der Waals surface area contributed by atoms with E-state index in [1.54, 1.807) is 25.3 Å².